The maximum atomic E-state index is 5.32. The quantitative estimate of drug-likeness (QED) is 0.835. The zero-order valence-electron chi connectivity index (χ0n) is 13.1. The van der Waals surface area contributed by atoms with E-state index in [1.165, 1.54) is 44.3 Å². The molecule has 1 aliphatic carbocycles. The number of nitrogens with one attached hydrogen (secondary N) is 1. The van der Waals surface area contributed by atoms with E-state index in [0.717, 1.165) is 25.1 Å². The molecule has 116 valence electrons. The zero-order chi connectivity index (χ0) is 14.5. The topological polar surface area (TPSA) is 24.5 Å². The van der Waals surface area contributed by atoms with Gasteiger partial charge in [0.25, 0.3) is 0 Å². The summed E-state index contributed by atoms with van der Waals surface area (Å²) in [5.41, 5.74) is 1.45. The number of nitrogens with zero attached hydrogens (tertiary/aromatic N) is 1. The number of methoxy groups -OCH3 is 1. The average Bonchev–Trinajstić information content (AvgIpc) is 3.35. The Morgan fingerprint density at radius 1 is 1.14 bits per heavy atom. The van der Waals surface area contributed by atoms with Crippen LogP contribution in [0.25, 0.3) is 0 Å². The van der Waals surface area contributed by atoms with Crippen LogP contribution in [0, 0.1) is 5.92 Å². The minimum atomic E-state index is 0.523. The van der Waals surface area contributed by atoms with E-state index in [4.69, 9.17) is 4.74 Å². The number of ether oxygens (including phenoxy) is 1. The molecule has 1 atom stereocenters. The van der Waals surface area contributed by atoms with Crippen molar-refractivity contribution >= 4 is 0 Å². The third-order valence-electron chi connectivity index (χ3n) is 4.85. The first kappa shape index (κ1) is 15.0. The van der Waals surface area contributed by atoms with Gasteiger partial charge < -0.3 is 10.1 Å². The fraction of sp³-hybridized carbons (Fsp3) is 0.667. The molecule has 3 heteroatoms. The van der Waals surface area contributed by atoms with E-state index in [-0.39, 0.29) is 0 Å². The van der Waals surface area contributed by atoms with Crippen LogP contribution >= 0.6 is 0 Å². The Labute approximate surface area is 128 Å². The predicted molar refractivity (Wildman–Crippen MR) is 86.4 cm³/mol. The number of benzene rings is 1. The van der Waals surface area contributed by atoms with Crippen LogP contribution in [0.5, 0.6) is 0 Å². The van der Waals surface area contributed by atoms with Crippen molar-refractivity contribution in [3.63, 3.8) is 0 Å². The Balaban J connectivity index is 1.61. The summed E-state index contributed by atoms with van der Waals surface area (Å²) in [7, 11) is 1.82. The molecular weight excluding hydrogens is 260 g/mol. The van der Waals surface area contributed by atoms with Crippen molar-refractivity contribution < 1.29 is 4.74 Å². The van der Waals surface area contributed by atoms with Gasteiger partial charge in [-0.2, -0.15) is 0 Å². The molecule has 1 N–H and O–H groups in total. The first-order valence-electron chi connectivity index (χ1n) is 8.38. The molecule has 0 aromatic heterocycles. The second kappa shape index (κ2) is 7.39. The van der Waals surface area contributed by atoms with Gasteiger partial charge in [0.05, 0.1) is 0 Å². The van der Waals surface area contributed by atoms with E-state index >= 15 is 0 Å². The van der Waals surface area contributed by atoms with Gasteiger partial charge in [-0.05, 0) is 50.3 Å². The Morgan fingerprint density at radius 3 is 2.48 bits per heavy atom. The monoisotopic (exact) mass is 288 g/mol. The molecule has 1 saturated heterocycles. The van der Waals surface area contributed by atoms with Gasteiger partial charge in [0.1, 0.15) is 0 Å². The molecule has 1 aliphatic heterocycles. The molecule has 0 spiro atoms. The minimum absolute atomic E-state index is 0.523. The number of rotatable bonds is 7. The molecule has 21 heavy (non-hydrogen) atoms. The Bertz CT molecular complexity index is 410. The molecule has 3 rings (SSSR count). The highest BCUT2D eigenvalue weighted by atomic mass is 16.5. The van der Waals surface area contributed by atoms with Crippen LogP contribution in [0.1, 0.15) is 37.3 Å². The summed E-state index contributed by atoms with van der Waals surface area (Å²) in [6.07, 6.45) is 5.25. The summed E-state index contributed by atoms with van der Waals surface area (Å²) in [5, 5.41) is 3.72. The average molecular weight is 288 g/mol. The fourth-order valence-electron chi connectivity index (χ4n) is 3.37. The largest absolute Gasteiger partial charge is 0.384 e. The summed E-state index contributed by atoms with van der Waals surface area (Å²) in [6.45, 7) is 4.40. The molecule has 1 heterocycles. The third-order valence-corrected chi connectivity index (χ3v) is 4.85. The molecule has 0 amide bonds. The molecular formula is C18H28N2O. The lowest BCUT2D eigenvalue weighted by molar-refractivity contribution is 0.0788. The van der Waals surface area contributed by atoms with Crippen molar-refractivity contribution in [1.29, 1.82) is 0 Å². The van der Waals surface area contributed by atoms with E-state index in [1.54, 1.807) is 0 Å². The van der Waals surface area contributed by atoms with E-state index in [0.29, 0.717) is 6.04 Å². The van der Waals surface area contributed by atoms with Gasteiger partial charge in [0.15, 0.2) is 0 Å². The number of hydrogen-bond donors (Lipinski definition) is 1. The Hall–Kier alpha value is -0.900. The maximum Gasteiger partial charge on any atom is 0.0491 e. The molecule has 0 bridgehead atoms. The van der Waals surface area contributed by atoms with Crippen molar-refractivity contribution in [2.45, 2.75) is 37.8 Å². The van der Waals surface area contributed by atoms with E-state index in [2.05, 4.69) is 40.5 Å². The van der Waals surface area contributed by atoms with Crippen LogP contribution < -0.4 is 5.32 Å². The van der Waals surface area contributed by atoms with Crippen molar-refractivity contribution in [2.75, 3.05) is 33.4 Å². The molecule has 0 radical (unpaired) electrons. The van der Waals surface area contributed by atoms with E-state index in [1.807, 2.05) is 7.11 Å². The molecule has 1 aromatic carbocycles. The summed E-state index contributed by atoms with van der Waals surface area (Å²) in [5.74, 6) is 0.749. The molecule has 1 aromatic rings. The number of hydrogen-bond acceptors (Lipinski definition) is 3. The van der Waals surface area contributed by atoms with Gasteiger partial charge in [-0.25, -0.2) is 0 Å². The molecule has 1 saturated carbocycles. The summed E-state index contributed by atoms with van der Waals surface area (Å²) >= 11 is 0. The normalized spacial score (nSPS) is 22.3. The van der Waals surface area contributed by atoms with Gasteiger partial charge in [-0.15, -0.1) is 0 Å². The Morgan fingerprint density at radius 2 is 1.86 bits per heavy atom. The highest BCUT2D eigenvalue weighted by Crippen LogP contribution is 2.28. The standard InChI is InChI=1S/C18H28N2O/c1-21-14-15-9-11-20(12-10-15)18(13-19-17-7-8-17)16-5-3-2-4-6-16/h2-6,15,17-19H,7-14H2,1H3. The highest BCUT2D eigenvalue weighted by molar-refractivity contribution is 5.19. The lowest BCUT2D eigenvalue weighted by Crippen LogP contribution is -2.42. The third kappa shape index (κ3) is 4.29. The number of piperidine rings is 1. The summed E-state index contributed by atoms with van der Waals surface area (Å²) < 4.78 is 5.32. The molecule has 1 unspecified atom stereocenters. The van der Waals surface area contributed by atoms with Gasteiger partial charge in [0.2, 0.25) is 0 Å². The zero-order valence-corrected chi connectivity index (χ0v) is 13.1. The molecule has 2 aliphatic rings. The van der Waals surface area contributed by atoms with E-state index < -0.39 is 0 Å². The SMILES string of the molecule is COCC1CCN(C(CNC2CC2)c2ccccc2)CC1. The van der Waals surface area contributed by atoms with Gasteiger partial charge >= 0.3 is 0 Å². The highest BCUT2D eigenvalue weighted by Gasteiger charge is 2.28. The predicted octanol–water partition coefficient (Wildman–Crippen LogP) is 2.84. The minimum Gasteiger partial charge on any atom is -0.384 e. The van der Waals surface area contributed by atoms with E-state index in [9.17, 15) is 0 Å². The van der Waals surface area contributed by atoms with Crippen LogP contribution in [-0.4, -0.2) is 44.3 Å². The molecule has 2 fully saturated rings. The fourth-order valence-corrected chi connectivity index (χ4v) is 3.37. The van der Waals surface area contributed by atoms with Crippen molar-refractivity contribution in [3.8, 4) is 0 Å². The Kier molecular flexibility index (Phi) is 5.28. The lowest BCUT2D eigenvalue weighted by Gasteiger charge is -2.38. The first-order valence-corrected chi connectivity index (χ1v) is 8.38. The summed E-state index contributed by atoms with van der Waals surface area (Å²) in [4.78, 5) is 2.66. The van der Waals surface area contributed by atoms with Crippen LogP contribution in [0.15, 0.2) is 30.3 Å². The second-order valence-electron chi connectivity index (χ2n) is 6.54. The first-order chi connectivity index (χ1) is 10.4. The van der Waals surface area contributed by atoms with Crippen molar-refractivity contribution in [2.24, 2.45) is 5.92 Å². The number of likely N-dealkylation sites (tertiary alicyclic amines) is 1. The van der Waals surface area contributed by atoms with Gasteiger partial charge in [-0.3, -0.25) is 4.90 Å². The van der Waals surface area contributed by atoms with Crippen molar-refractivity contribution in [3.05, 3.63) is 35.9 Å². The van der Waals surface area contributed by atoms with Crippen LogP contribution in [0.4, 0.5) is 0 Å². The second-order valence-corrected chi connectivity index (χ2v) is 6.54. The lowest BCUT2D eigenvalue weighted by atomic mass is 9.94. The van der Waals surface area contributed by atoms with Gasteiger partial charge in [0, 0.05) is 32.3 Å². The summed E-state index contributed by atoms with van der Waals surface area (Å²) in [6, 6.07) is 12.3. The smallest absolute Gasteiger partial charge is 0.0491 e. The van der Waals surface area contributed by atoms with Crippen LogP contribution in [-0.2, 0) is 4.74 Å². The van der Waals surface area contributed by atoms with Crippen LogP contribution in [0.3, 0.4) is 0 Å². The van der Waals surface area contributed by atoms with Crippen molar-refractivity contribution in [1.82, 2.24) is 10.2 Å². The molecule has 3 nitrogen and oxygen atoms in total. The maximum absolute atomic E-state index is 5.32. The van der Waals surface area contributed by atoms with Crippen LogP contribution in [0.2, 0.25) is 0 Å². The van der Waals surface area contributed by atoms with Gasteiger partial charge in [-0.1, -0.05) is 30.3 Å².